The number of carbonyl (C=O) groups excluding carboxylic acids is 1. The lowest BCUT2D eigenvalue weighted by molar-refractivity contribution is -0.123. The summed E-state index contributed by atoms with van der Waals surface area (Å²) in [6, 6.07) is 14.1. The van der Waals surface area contributed by atoms with Crippen LogP contribution >= 0.6 is 0 Å². The summed E-state index contributed by atoms with van der Waals surface area (Å²) >= 11 is 0. The molecule has 1 atom stereocenters. The maximum atomic E-state index is 11.8. The Morgan fingerprint density at radius 3 is 2.09 bits per heavy atom. The Morgan fingerprint density at radius 1 is 1.00 bits per heavy atom. The predicted molar refractivity (Wildman–Crippen MR) is 100 cm³/mol. The summed E-state index contributed by atoms with van der Waals surface area (Å²) in [7, 11) is 0. The molecule has 0 saturated carbocycles. The van der Waals surface area contributed by atoms with Gasteiger partial charge < -0.3 is 5.73 Å². The van der Waals surface area contributed by atoms with Crippen LogP contribution in [0.3, 0.4) is 0 Å². The SMILES string of the molecule is CC.CC.CC(C)C(=O)C(N)Cc1ccc2ccccc2c1.[HH]. The fourth-order valence-electron chi connectivity index (χ4n) is 2.15. The molecular formula is C20H33NO. The molecule has 0 bridgehead atoms. The lowest BCUT2D eigenvalue weighted by atomic mass is 9.95. The lowest BCUT2D eigenvalue weighted by Gasteiger charge is -2.13. The Labute approximate surface area is 137 Å². The van der Waals surface area contributed by atoms with Crippen molar-refractivity contribution in [3.05, 3.63) is 48.0 Å². The van der Waals surface area contributed by atoms with Gasteiger partial charge in [-0.15, -0.1) is 0 Å². The number of rotatable bonds is 4. The number of Topliss-reactive ketones (excluding diaryl/α,β-unsaturated/α-hetero) is 1. The van der Waals surface area contributed by atoms with Gasteiger partial charge >= 0.3 is 0 Å². The van der Waals surface area contributed by atoms with Crippen LogP contribution in [0, 0.1) is 5.92 Å². The molecule has 124 valence electrons. The van der Waals surface area contributed by atoms with Crippen LogP contribution in [0.4, 0.5) is 0 Å². The zero-order chi connectivity index (χ0) is 17.1. The van der Waals surface area contributed by atoms with Crippen LogP contribution in [0.5, 0.6) is 0 Å². The third kappa shape index (κ3) is 5.98. The summed E-state index contributed by atoms with van der Waals surface area (Å²) in [5, 5.41) is 2.41. The summed E-state index contributed by atoms with van der Waals surface area (Å²) in [5.74, 6) is 0.128. The summed E-state index contributed by atoms with van der Waals surface area (Å²) in [4.78, 5) is 11.8. The van der Waals surface area contributed by atoms with E-state index in [0.29, 0.717) is 6.42 Å². The van der Waals surface area contributed by atoms with E-state index in [-0.39, 0.29) is 13.1 Å². The molecule has 2 heteroatoms. The van der Waals surface area contributed by atoms with Gasteiger partial charge in [-0.2, -0.15) is 0 Å². The molecule has 0 amide bonds. The number of benzene rings is 2. The molecular weight excluding hydrogens is 270 g/mol. The third-order valence-electron chi connectivity index (χ3n) is 3.20. The highest BCUT2D eigenvalue weighted by atomic mass is 16.1. The average Bonchev–Trinajstić information content (AvgIpc) is 2.57. The van der Waals surface area contributed by atoms with E-state index in [9.17, 15) is 4.79 Å². The van der Waals surface area contributed by atoms with Crippen molar-refractivity contribution in [2.75, 3.05) is 0 Å². The van der Waals surface area contributed by atoms with E-state index in [0.717, 1.165) is 5.56 Å². The Bertz CT molecular complexity index is 566. The third-order valence-corrected chi connectivity index (χ3v) is 3.20. The summed E-state index contributed by atoms with van der Waals surface area (Å²) in [6.45, 7) is 11.8. The van der Waals surface area contributed by atoms with Crippen molar-refractivity contribution in [1.29, 1.82) is 0 Å². The monoisotopic (exact) mass is 303 g/mol. The zero-order valence-corrected chi connectivity index (χ0v) is 14.9. The van der Waals surface area contributed by atoms with Crippen LogP contribution < -0.4 is 5.73 Å². The number of carbonyl (C=O) groups is 1. The van der Waals surface area contributed by atoms with Gasteiger partial charge in [0.05, 0.1) is 6.04 Å². The second-order valence-corrected chi connectivity index (χ2v) is 5.05. The molecule has 1 unspecified atom stereocenters. The minimum atomic E-state index is -0.397. The first-order chi connectivity index (χ1) is 10.6. The molecule has 0 aromatic heterocycles. The second-order valence-electron chi connectivity index (χ2n) is 5.05. The molecule has 0 aliphatic carbocycles. The largest absolute Gasteiger partial charge is 0.321 e. The van der Waals surface area contributed by atoms with E-state index in [4.69, 9.17) is 5.73 Å². The van der Waals surface area contributed by atoms with Crippen LogP contribution in [0.25, 0.3) is 10.8 Å². The predicted octanol–water partition coefficient (Wildman–Crippen LogP) is 5.23. The van der Waals surface area contributed by atoms with Crippen molar-refractivity contribution in [1.82, 2.24) is 0 Å². The summed E-state index contributed by atoms with van der Waals surface area (Å²) in [5.41, 5.74) is 7.07. The topological polar surface area (TPSA) is 43.1 Å². The van der Waals surface area contributed by atoms with Crippen molar-refractivity contribution in [2.24, 2.45) is 11.7 Å². The molecule has 0 fully saturated rings. The standard InChI is InChI=1S/C16H19NO.2C2H6.H2/c1-11(2)16(18)15(17)10-12-7-8-13-5-3-4-6-14(13)9-12;2*1-2;/h3-9,11,15H,10,17H2,1-2H3;2*1-2H3;1H. The van der Waals surface area contributed by atoms with Crippen molar-refractivity contribution in [2.45, 2.75) is 54.0 Å². The van der Waals surface area contributed by atoms with Gasteiger partial charge in [0.25, 0.3) is 0 Å². The van der Waals surface area contributed by atoms with Crippen LogP contribution in [0.15, 0.2) is 42.5 Å². The highest BCUT2D eigenvalue weighted by Gasteiger charge is 2.17. The number of nitrogens with two attached hydrogens (primary N) is 1. The average molecular weight is 303 g/mol. The lowest BCUT2D eigenvalue weighted by Crippen LogP contribution is -2.35. The Kier molecular flexibility index (Phi) is 10.1. The molecule has 2 N–H and O–H groups in total. The van der Waals surface area contributed by atoms with Crippen molar-refractivity contribution in [3.8, 4) is 0 Å². The molecule has 0 heterocycles. The highest BCUT2D eigenvalue weighted by molar-refractivity contribution is 5.86. The minimum absolute atomic E-state index is 0. The minimum Gasteiger partial charge on any atom is -0.321 e. The fraction of sp³-hybridized carbons (Fsp3) is 0.450. The molecule has 0 spiro atoms. The van der Waals surface area contributed by atoms with Gasteiger partial charge in [0.1, 0.15) is 0 Å². The molecule has 0 saturated heterocycles. The molecule has 2 aromatic carbocycles. The van der Waals surface area contributed by atoms with Crippen LogP contribution in [-0.2, 0) is 11.2 Å². The molecule has 2 nitrogen and oxygen atoms in total. The zero-order valence-electron chi connectivity index (χ0n) is 14.9. The Hall–Kier alpha value is -1.67. The first-order valence-electron chi connectivity index (χ1n) is 8.35. The van der Waals surface area contributed by atoms with Gasteiger partial charge in [0, 0.05) is 7.34 Å². The van der Waals surface area contributed by atoms with E-state index in [1.165, 1.54) is 10.8 Å². The molecule has 0 aliphatic heterocycles. The number of hydrogen-bond acceptors (Lipinski definition) is 2. The van der Waals surface area contributed by atoms with E-state index in [1.807, 2.05) is 53.7 Å². The molecule has 2 aromatic rings. The Balaban J connectivity index is 0. The van der Waals surface area contributed by atoms with Crippen LogP contribution in [-0.4, -0.2) is 11.8 Å². The molecule has 22 heavy (non-hydrogen) atoms. The van der Waals surface area contributed by atoms with E-state index in [2.05, 4.69) is 30.3 Å². The van der Waals surface area contributed by atoms with Crippen molar-refractivity contribution < 1.29 is 6.22 Å². The van der Waals surface area contributed by atoms with Crippen molar-refractivity contribution >= 4 is 16.6 Å². The smallest absolute Gasteiger partial charge is 0.152 e. The second kappa shape index (κ2) is 11.0. The van der Waals surface area contributed by atoms with Crippen LogP contribution in [0.2, 0.25) is 0 Å². The van der Waals surface area contributed by atoms with Gasteiger partial charge in [0.15, 0.2) is 5.78 Å². The quantitative estimate of drug-likeness (QED) is 0.840. The number of ketones is 1. The van der Waals surface area contributed by atoms with E-state index < -0.39 is 6.04 Å². The van der Waals surface area contributed by atoms with Gasteiger partial charge in [-0.3, -0.25) is 4.79 Å². The highest BCUT2D eigenvalue weighted by Crippen LogP contribution is 2.17. The van der Waals surface area contributed by atoms with Gasteiger partial charge in [-0.25, -0.2) is 0 Å². The summed E-state index contributed by atoms with van der Waals surface area (Å²) < 4.78 is 0. The van der Waals surface area contributed by atoms with Gasteiger partial charge in [-0.05, 0) is 22.8 Å². The maximum absolute atomic E-state index is 11.8. The first-order valence-corrected chi connectivity index (χ1v) is 8.35. The van der Waals surface area contributed by atoms with Crippen molar-refractivity contribution in [3.63, 3.8) is 0 Å². The molecule has 2 rings (SSSR count). The number of hydrogen-bond donors (Lipinski definition) is 1. The maximum Gasteiger partial charge on any atom is 0.152 e. The van der Waals surface area contributed by atoms with E-state index >= 15 is 0 Å². The fourth-order valence-corrected chi connectivity index (χ4v) is 2.15. The van der Waals surface area contributed by atoms with Gasteiger partial charge in [-0.1, -0.05) is 84.0 Å². The van der Waals surface area contributed by atoms with Gasteiger partial charge in [0.2, 0.25) is 0 Å². The molecule has 0 aliphatic rings. The Morgan fingerprint density at radius 2 is 1.55 bits per heavy atom. The van der Waals surface area contributed by atoms with Crippen LogP contribution in [0.1, 0.15) is 48.5 Å². The van der Waals surface area contributed by atoms with E-state index in [1.54, 1.807) is 0 Å². The summed E-state index contributed by atoms with van der Waals surface area (Å²) in [6.07, 6.45) is 0.613. The molecule has 0 radical (unpaired) electrons. The number of fused-ring (bicyclic) bond motifs is 1. The normalized spacial score (nSPS) is 11.1. The first kappa shape index (κ1) is 20.3.